The van der Waals surface area contributed by atoms with E-state index in [9.17, 15) is 75.0 Å². The highest BCUT2D eigenvalue weighted by molar-refractivity contribution is 6.32. The number of hydrogen-bond donors (Lipinski definition) is 10. The fourth-order valence-corrected chi connectivity index (χ4v) is 13.1. The summed E-state index contributed by atoms with van der Waals surface area (Å²) in [4.78, 5) is 117. The number of rotatable bonds is 28. The molecule has 0 aliphatic carbocycles. The maximum atomic E-state index is 13.5. The molecule has 14 rings (SSSR count). The van der Waals surface area contributed by atoms with Gasteiger partial charge in [0.15, 0.2) is 6.04 Å². The number of carboxylic acid groups (broad SMARTS) is 1. The smallest absolute Gasteiger partial charge is 0.408 e. The number of hydrogen-bond acceptors (Lipinski definition) is 23. The Morgan fingerprint density at radius 1 is 0.450 bits per heavy atom. The zero-order valence-corrected chi connectivity index (χ0v) is 84.9. The second-order valence-corrected chi connectivity index (χ2v) is 36.4. The van der Waals surface area contributed by atoms with E-state index in [-0.39, 0.29) is 87.4 Å². The van der Waals surface area contributed by atoms with E-state index in [4.69, 9.17) is 52.6 Å². The molecule has 0 saturated carbocycles. The maximum Gasteiger partial charge on any atom is 0.408 e. The Morgan fingerprint density at radius 2 is 0.785 bits per heavy atom. The lowest BCUT2D eigenvalue weighted by Gasteiger charge is -2.27. The van der Waals surface area contributed by atoms with Crippen LogP contribution < -0.4 is 57.2 Å². The average molecular weight is 2110 g/mol. The Balaban J connectivity index is 0.000000270. The van der Waals surface area contributed by atoms with E-state index in [1.54, 1.807) is 147 Å². The highest BCUT2D eigenvalue weighted by Gasteiger charge is 2.35. The van der Waals surface area contributed by atoms with Crippen LogP contribution in [-0.2, 0) is 69.1 Å². The number of likely N-dealkylation sites (N-methyl/N-ethyl adjacent to an activating group) is 3. The minimum Gasteiger partial charge on any atom is -0.489 e. The van der Waals surface area contributed by atoms with Gasteiger partial charge in [-0.3, -0.25) is 43.0 Å². The number of aliphatic carboxylic acids is 1. The van der Waals surface area contributed by atoms with Crippen molar-refractivity contribution in [2.45, 2.75) is 190 Å². The van der Waals surface area contributed by atoms with Gasteiger partial charge in [-0.25, -0.2) is 41.9 Å². The minimum absolute atomic E-state index is 0. The zero-order valence-electron chi connectivity index (χ0n) is 83.4. The molecule has 1 aliphatic heterocycles. The number of H-pyrrole nitrogens is 1. The number of carboxylic acids is 1. The van der Waals surface area contributed by atoms with Gasteiger partial charge in [-0.2, -0.15) is 34.3 Å². The Labute approximate surface area is 870 Å². The lowest BCUT2D eigenvalue weighted by molar-refractivity contribution is -0.162. The number of nitrogens with one attached hydrogen (secondary N) is 8. The number of carbonyl (C=O) groups excluding carboxylic acids is 9. The molecule has 1 saturated heterocycles. The van der Waals surface area contributed by atoms with Gasteiger partial charge < -0.3 is 81.2 Å². The summed E-state index contributed by atoms with van der Waals surface area (Å²) in [5.41, 5.74) is 14.0. The number of halogens is 7. The van der Waals surface area contributed by atoms with Crippen molar-refractivity contribution in [1.29, 1.82) is 0 Å². The number of nitrogens with zero attached hydrogens (tertiary/aromatic N) is 9. The molecular weight excluding hydrogens is 1980 g/mol. The first-order chi connectivity index (χ1) is 69.6. The maximum absolute atomic E-state index is 13.5. The fraction of sp³-hybridized carbons (Fsp3) is 0.311. The summed E-state index contributed by atoms with van der Waals surface area (Å²) in [5, 5.41) is 51.1. The van der Waals surface area contributed by atoms with Gasteiger partial charge in [0.05, 0.1) is 84.5 Å². The van der Waals surface area contributed by atoms with Crippen LogP contribution in [0.1, 0.15) is 126 Å². The Kier molecular flexibility index (Phi) is 47.4. The number of nitrogens with two attached hydrogens (primary N) is 1. The molecule has 1 fully saturated rings. The number of esters is 2. The summed E-state index contributed by atoms with van der Waals surface area (Å²) in [6, 6.07) is 55.7. The van der Waals surface area contributed by atoms with Crippen molar-refractivity contribution in [2.24, 2.45) is 5.73 Å². The van der Waals surface area contributed by atoms with Gasteiger partial charge in [-0.15, -0.1) is 0 Å². The van der Waals surface area contributed by atoms with Crippen molar-refractivity contribution in [3.8, 4) is 73.0 Å². The highest BCUT2D eigenvalue weighted by atomic mass is 35.5. The molecule has 1 aliphatic rings. The van der Waals surface area contributed by atoms with E-state index in [0.29, 0.717) is 22.9 Å². The van der Waals surface area contributed by atoms with Gasteiger partial charge in [-0.05, 0) is 160 Å². The molecule has 36 nitrogen and oxygen atoms in total. The number of cyclic esters (lactones) is 1. The summed E-state index contributed by atoms with van der Waals surface area (Å²) in [6.45, 7) is 23.9. The Hall–Kier alpha value is -16.3. The average Bonchev–Trinajstić information content (AvgIpc) is 1.61. The third-order valence-corrected chi connectivity index (χ3v) is 20.1. The van der Waals surface area contributed by atoms with Gasteiger partial charge in [-0.1, -0.05) is 190 Å². The first-order valence-corrected chi connectivity index (χ1v) is 46.5. The predicted octanol–water partition coefficient (Wildman–Crippen LogP) is 17.7. The van der Waals surface area contributed by atoms with E-state index in [1.807, 2.05) is 190 Å². The van der Waals surface area contributed by atoms with Crippen LogP contribution in [0.4, 0.5) is 36.3 Å². The number of amides is 7. The second-order valence-electron chi connectivity index (χ2n) is 35.6. The van der Waals surface area contributed by atoms with E-state index in [0.717, 1.165) is 62.3 Å². The second kappa shape index (κ2) is 58.1. The van der Waals surface area contributed by atoms with E-state index < -0.39 is 124 Å². The topological polar surface area (TPSA) is 466 Å². The van der Waals surface area contributed by atoms with Crippen LogP contribution in [0.5, 0.6) is 17.2 Å². The van der Waals surface area contributed by atoms with Gasteiger partial charge in [0, 0.05) is 79.9 Å². The molecule has 7 amide bonds. The lowest BCUT2D eigenvalue weighted by atomic mass is 10.1. The summed E-state index contributed by atoms with van der Waals surface area (Å²) < 4.78 is 108. The number of carbonyl (C=O) groups is 10. The van der Waals surface area contributed by atoms with Crippen molar-refractivity contribution in [3.63, 3.8) is 0 Å². The van der Waals surface area contributed by atoms with Crippen LogP contribution in [0.15, 0.2) is 250 Å². The molecule has 0 spiro atoms. The molecule has 13 aromatic rings. The van der Waals surface area contributed by atoms with Gasteiger partial charge in [0.25, 0.3) is 5.91 Å². The molecule has 0 bridgehead atoms. The van der Waals surface area contributed by atoms with Crippen LogP contribution in [-0.4, -0.2) is 201 Å². The first-order valence-electron chi connectivity index (χ1n) is 45.7. The van der Waals surface area contributed by atoms with Crippen LogP contribution in [0.2, 0.25) is 10.0 Å². The standard InChI is InChI=1S/C23H25ClN4O3.C18H24N4O3.C17H21N3O4.C16H10ClF5O3.C13H16N4O.C9H8N2.C8H13NO4.2CH4/c1-15(2)31-21-10-9-17(11-19(21)24)22(29)27-20(23(30)25-3)14-28-13-18(12-26-28)16-7-5-4-6-8-16;1-18(2,3)25-17(24)21-15(16(23)19-4)12-22-11-14(10-20-22)13-8-6-5-7-9-13;1-17(2,3)24-16(23)19-14(15(21)22)11-20-10-13(9-18-20)12-7-5-4-6-8-12;1-6(2)24-9-4-3-7(5-8(9)17)16(23)25-15-13(21)11(19)10(18)12(20)14(15)22;1-15-13(18)12(14)9-17-8-11(7-16-17)10-5-3-2-4-6-10;1-2-4-8(5-3-1)9-6-7-10-11-9;1-8(2,3)13-7(11)9-5-4-12-6(5)10;;/h4-13,15,20H,14H2,1-3H3,(H,25,30)(H,27,29);5-11,15H,12H2,1-4H3,(H,19,23)(H,21,24);4-10,14H,11H2,1-3H3,(H,19,23)(H,21,22);3-6H,1-2H3;2-8,12H,9,14H2,1H3,(H,15,18);1-7H,(H,10,11);5H,4H2,1-3H3,(H,9,11);2*1H4/t20-;15-;14-;;12-;;5-;;/m000.0.0../s1. The van der Waals surface area contributed by atoms with Crippen LogP contribution in [0, 0.1) is 29.1 Å². The molecule has 796 valence electrons. The number of alkyl carbamates (subject to hydrolysis) is 3. The van der Waals surface area contributed by atoms with E-state index >= 15 is 0 Å². The minimum atomic E-state index is -2.35. The third-order valence-electron chi connectivity index (χ3n) is 19.6. The fourth-order valence-electron chi connectivity index (χ4n) is 12.7. The molecule has 5 atom stereocenters. The molecular formula is C106H125Cl2F5N18O18. The van der Waals surface area contributed by atoms with Gasteiger partial charge in [0.2, 0.25) is 52.6 Å². The third kappa shape index (κ3) is 40.2. The molecule has 6 heterocycles. The number of aromatic nitrogens is 10. The number of aromatic amines is 1. The predicted molar refractivity (Wildman–Crippen MR) is 553 cm³/mol. The monoisotopic (exact) mass is 2100 g/mol. The molecule has 149 heavy (non-hydrogen) atoms. The summed E-state index contributed by atoms with van der Waals surface area (Å²) in [7, 11) is 4.61. The molecule has 43 heteroatoms. The molecule has 8 aromatic carbocycles. The molecule has 11 N–H and O–H groups in total. The normalized spacial score (nSPS) is 12.4. The van der Waals surface area contributed by atoms with Crippen molar-refractivity contribution in [3.05, 3.63) is 300 Å². The SMILES string of the molecule is C.C.CC(C)(C)OC(=O)N[C@@H](Cn1cc(-c2ccccc2)cn1)C(=O)O.CC(C)(C)OC(=O)N[C@H]1COC1=O.CC(C)Oc1ccc(C(=O)Oc2c(F)c(F)c(F)c(F)c2F)cc1Cl.CNC(=O)[C@@H](N)Cn1cc(-c2ccccc2)cn1.CNC(=O)[C@H](Cn1cc(-c2ccccc2)cn1)NC(=O)OC(C)(C)C.CNC(=O)[C@H](Cn1cc(-c2ccccc2)cn1)NC(=O)c1ccc(OC(C)C)c(Cl)c1.c1ccc(-c2ccn[nH]2)cc1. The molecule has 0 unspecified atom stereocenters. The Bertz CT molecular complexity index is 6480. The zero-order chi connectivity index (χ0) is 108. The molecule has 0 radical (unpaired) electrons. The summed E-state index contributed by atoms with van der Waals surface area (Å²) >= 11 is 12.1. The molecule has 5 aromatic heterocycles. The van der Waals surface area contributed by atoms with Crippen molar-refractivity contribution in [1.82, 2.24) is 86.5 Å². The Morgan fingerprint density at radius 3 is 1.11 bits per heavy atom. The largest absolute Gasteiger partial charge is 0.489 e. The van der Waals surface area contributed by atoms with Gasteiger partial charge in [0.1, 0.15) is 59.1 Å². The van der Waals surface area contributed by atoms with Crippen LogP contribution >= 0.6 is 23.2 Å². The van der Waals surface area contributed by atoms with E-state index in [1.165, 1.54) is 36.5 Å². The van der Waals surface area contributed by atoms with E-state index in [2.05, 4.69) is 77.3 Å². The quantitative estimate of drug-likeness (QED) is 0.00544. The van der Waals surface area contributed by atoms with Gasteiger partial charge >= 0.3 is 36.2 Å². The van der Waals surface area contributed by atoms with Crippen molar-refractivity contribution >= 4 is 83.0 Å². The van der Waals surface area contributed by atoms with Crippen molar-refractivity contribution in [2.75, 3.05) is 27.7 Å². The number of benzene rings is 8. The summed E-state index contributed by atoms with van der Waals surface area (Å²) in [6.07, 6.45) is 13.7. The lowest BCUT2D eigenvalue weighted by Crippen LogP contribution is -2.53. The number of ether oxygens (including phenoxy) is 7. The summed E-state index contributed by atoms with van der Waals surface area (Å²) in [5.74, 6) is -16.4. The first kappa shape index (κ1) is 121. The van der Waals surface area contributed by atoms with Crippen LogP contribution in [0.25, 0.3) is 55.8 Å². The highest BCUT2D eigenvalue weighted by Crippen LogP contribution is 2.33. The van der Waals surface area contributed by atoms with Crippen molar-refractivity contribution < 1.29 is 108 Å². The van der Waals surface area contributed by atoms with Crippen LogP contribution in [0.3, 0.4) is 0 Å².